The lowest BCUT2D eigenvalue weighted by Crippen LogP contribution is -2.27. The smallest absolute Gasteiger partial charge is 0.321 e. The highest BCUT2D eigenvalue weighted by Crippen LogP contribution is 2.11. The van der Waals surface area contributed by atoms with Gasteiger partial charge in [-0.2, -0.15) is 0 Å². The van der Waals surface area contributed by atoms with Gasteiger partial charge in [0.2, 0.25) is 0 Å². The van der Waals surface area contributed by atoms with E-state index in [9.17, 15) is 14.4 Å². The summed E-state index contributed by atoms with van der Waals surface area (Å²) in [6.45, 7) is 3.56. The predicted molar refractivity (Wildman–Crippen MR) is 79.5 cm³/mol. The number of H-pyrrole nitrogens is 2. The third-order valence-corrected chi connectivity index (χ3v) is 2.77. The Labute approximate surface area is 120 Å². The van der Waals surface area contributed by atoms with Gasteiger partial charge in [0.15, 0.2) is 0 Å². The molecule has 7 heteroatoms. The number of hydrogen-bond donors (Lipinski definition) is 4. The van der Waals surface area contributed by atoms with E-state index in [4.69, 9.17) is 0 Å². The van der Waals surface area contributed by atoms with Crippen molar-refractivity contribution in [2.45, 2.75) is 13.5 Å². The Kier molecular flexibility index (Phi) is 4.68. The van der Waals surface area contributed by atoms with Crippen LogP contribution in [0.25, 0.3) is 0 Å². The van der Waals surface area contributed by atoms with Crippen molar-refractivity contribution in [2.75, 3.05) is 11.9 Å². The molecule has 21 heavy (non-hydrogen) atoms. The minimum absolute atomic E-state index is 0.0826. The fraction of sp³-hybridized carbons (Fsp3) is 0.214. The summed E-state index contributed by atoms with van der Waals surface area (Å²) in [5, 5.41) is 5.83. The van der Waals surface area contributed by atoms with Crippen LogP contribution in [0.15, 0.2) is 39.9 Å². The van der Waals surface area contributed by atoms with Gasteiger partial charge in [-0.3, -0.25) is 14.6 Å². The number of amides is 1. The molecule has 0 radical (unpaired) electrons. The molecular formula is C14H16N4O3. The molecule has 0 atom stereocenters. The summed E-state index contributed by atoms with van der Waals surface area (Å²) in [5.41, 5.74) is 0.199. The van der Waals surface area contributed by atoms with Crippen LogP contribution in [0.1, 0.15) is 23.0 Å². The lowest BCUT2D eigenvalue weighted by molar-refractivity contribution is 0.102. The van der Waals surface area contributed by atoms with Gasteiger partial charge < -0.3 is 15.6 Å². The Balaban J connectivity index is 2.15. The molecule has 2 aromatic rings. The maximum atomic E-state index is 12.0. The molecular weight excluding hydrogens is 272 g/mol. The van der Waals surface area contributed by atoms with E-state index in [0.29, 0.717) is 12.2 Å². The van der Waals surface area contributed by atoms with Crippen molar-refractivity contribution < 1.29 is 4.79 Å². The van der Waals surface area contributed by atoms with Crippen LogP contribution >= 0.6 is 0 Å². The van der Waals surface area contributed by atoms with Crippen LogP contribution in [0.5, 0.6) is 0 Å². The maximum Gasteiger partial charge on any atom is 0.326 e. The van der Waals surface area contributed by atoms with Crippen molar-refractivity contribution in [3.8, 4) is 0 Å². The molecule has 0 unspecified atom stereocenters. The number of aromatic nitrogens is 2. The topological polar surface area (TPSA) is 107 Å². The van der Waals surface area contributed by atoms with Crippen LogP contribution < -0.4 is 21.9 Å². The molecule has 0 aliphatic carbocycles. The van der Waals surface area contributed by atoms with Crippen molar-refractivity contribution in [2.24, 2.45) is 0 Å². The summed E-state index contributed by atoms with van der Waals surface area (Å²) >= 11 is 0. The molecule has 0 aliphatic heterocycles. The third-order valence-electron chi connectivity index (χ3n) is 2.77. The number of hydrogen-bond acceptors (Lipinski definition) is 4. The molecule has 0 saturated heterocycles. The Morgan fingerprint density at radius 2 is 2.00 bits per heavy atom. The normalized spacial score (nSPS) is 10.3. The van der Waals surface area contributed by atoms with Gasteiger partial charge in [-0.25, -0.2) is 4.79 Å². The Morgan fingerprint density at radius 1 is 1.19 bits per heavy atom. The van der Waals surface area contributed by atoms with Gasteiger partial charge in [0.05, 0.1) is 0 Å². The highest BCUT2D eigenvalue weighted by molar-refractivity contribution is 6.02. The van der Waals surface area contributed by atoms with E-state index >= 15 is 0 Å². The Morgan fingerprint density at radius 3 is 2.71 bits per heavy atom. The third kappa shape index (κ3) is 4.15. The second kappa shape index (κ2) is 6.67. The molecule has 0 bridgehead atoms. The van der Waals surface area contributed by atoms with Crippen molar-refractivity contribution in [1.29, 1.82) is 0 Å². The largest absolute Gasteiger partial charge is 0.326 e. The molecule has 4 N–H and O–H groups in total. The average Bonchev–Trinajstić information content (AvgIpc) is 2.44. The van der Waals surface area contributed by atoms with Crippen LogP contribution in [0.2, 0.25) is 0 Å². The molecule has 2 rings (SSSR count). The minimum atomic E-state index is -0.714. The SMILES string of the molecule is CCNCc1cccc(NC(=O)c2cc(=O)[nH]c(=O)[nH]2)c1. The van der Waals surface area contributed by atoms with E-state index in [-0.39, 0.29) is 5.69 Å². The van der Waals surface area contributed by atoms with Crippen LogP contribution in [-0.4, -0.2) is 22.4 Å². The van der Waals surface area contributed by atoms with Gasteiger partial charge >= 0.3 is 5.69 Å². The lowest BCUT2D eigenvalue weighted by atomic mass is 10.2. The number of carbonyl (C=O) groups excluding carboxylic acids is 1. The monoisotopic (exact) mass is 288 g/mol. The van der Waals surface area contributed by atoms with Gasteiger partial charge in [0.1, 0.15) is 5.69 Å². The summed E-state index contributed by atoms with van der Waals surface area (Å²) in [6.07, 6.45) is 0. The first-order valence-electron chi connectivity index (χ1n) is 6.53. The second-order valence-electron chi connectivity index (χ2n) is 4.44. The van der Waals surface area contributed by atoms with Gasteiger partial charge in [0, 0.05) is 18.3 Å². The first kappa shape index (κ1) is 14.7. The molecule has 1 aromatic heterocycles. The van der Waals surface area contributed by atoms with Crippen molar-refractivity contribution in [3.63, 3.8) is 0 Å². The van der Waals surface area contributed by atoms with Gasteiger partial charge in [-0.1, -0.05) is 19.1 Å². The van der Waals surface area contributed by atoms with E-state index in [1.165, 1.54) is 0 Å². The quantitative estimate of drug-likeness (QED) is 0.640. The fourth-order valence-corrected chi connectivity index (χ4v) is 1.82. The summed E-state index contributed by atoms with van der Waals surface area (Å²) in [7, 11) is 0. The number of benzene rings is 1. The van der Waals surface area contributed by atoms with E-state index < -0.39 is 17.2 Å². The molecule has 0 aliphatic rings. The summed E-state index contributed by atoms with van der Waals surface area (Å²) in [4.78, 5) is 38.6. The van der Waals surface area contributed by atoms with Crippen LogP contribution in [-0.2, 0) is 6.54 Å². The van der Waals surface area contributed by atoms with E-state index in [0.717, 1.165) is 18.2 Å². The second-order valence-corrected chi connectivity index (χ2v) is 4.44. The molecule has 1 aromatic carbocycles. The summed E-state index contributed by atoms with van der Waals surface area (Å²) < 4.78 is 0. The molecule has 1 amide bonds. The number of rotatable bonds is 5. The highest BCUT2D eigenvalue weighted by atomic mass is 16.2. The first-order valence-corrected chi connectivity index (χ1v) is 6.53. The van der Waals surface area contributed by atoms with Crippen LogP contribution in [0, 0.1) is 0 Å². The average molecular weight is 288 g/mol. The molecule has 110 valence electrons. The fourth-order valence-electron chi connectivity index (χ4n) is 1.82. The van der Waals surface area contributed by atoms with Crippen LogP contribution in [0.4, 0.5) is 5.69 Å². The zero-order valence-electron chi connectivity index (χ0n) is 11.5. The summed E-state index contributed by atoms with van der Waals surface area (Å²) in [6, 6.07) is 8.36. The van der Waals surface area contributed by atoms with Crippen molar-refractivity contribution in [3.05, 3.63) is 62.4 Å². The Bertz CT molecular complexity index is 720. The number of nitrogens with one attached hydrogen (secondary N) is 4. The van der Waals surface area contributed by atoms with Gasteiger partial charge in [-0.05, 0) is 24.2 Å². The van der Waals surface area contributed by atoms with Crippen molar-refractivity contribution >= 4 is 11.6 Å². The van der Waals surface area contributed by atoms with E-state index in [2.05, 4.69) is 15.6 Å². The van der Waals surface area contributed by atoms with Gasteiger partial charge in [-0.15, -0.1) is 0 Å². The van der Waals surface area contributed by atoms with Gasteiger partial charge in [0.25, 0.3) is 11.5 Å². The van der Waals surface area contributed by atoms with Crippen molar-refractivity contribution in [1.82, 2.24) is 15.3 Å². The molecule has 0 spiro atoms. The molecule has 1 heterocycles. The number of anilines is 1. The van der Waals surface area contributed by atoms with E-state index in [1.54, 1.807) is 6.07 Å². The summed E-state index contributed by atoms with van der Waals surface area (Å²) in [5.74, 6) is -0.543. The lowest BCUT2D eigenvalue weighted by Gasteiger charge is -2.07. The molecule has 7 nitrogen and oxygen atoms in total. The Hall–Kier alpha value is -2.67. The minimum Gasteiger partial charge on any atom is -0.321 e. The molecule has 0 fully saturated rings. The molecule has 0 saturated carbocycles. The van der Waals surface area contributed by atoms with Crippen LogP contribution in [0.3, 0.4) is 0 Å². The highest BCUT2D eigenvalue weighted by Gasteiger charge is 2.08. The number of aromatic amines is 2. The zero-order chi connectivity index (χ0) is 15.2. The zero-order valence-corrected chi connectivity index (χ0v) is 11.5. The maximum absolute atomic E-state index is 12.0. The standard InChI is InChI=1S/C14H16N4O3/c1-2-15-8-9-4-3-5-10(6-9)16-13(20)11-7-12(19)18-14(21)17-11/h3-7,15H,2,8H2,1H3,(H,16,20)(H2,17,18,19,21). The van der Waals surface area contributed by atoms with E-state index in [1.807, 2.05) is 30.1 Å². The first-order chi connectivity index (χ1) is 10.1. The number of carbonyl (C=O) groups is 1. The predicted octanol–water partition coefficient (Wildman–Crippen LogP) is 0.425.